The zero-order chi connectivity index (χ0) is 33.7. The van der Waals surface area contributed by atoms with Crippen molar-refractivity contribution in [3.63, 3.8) is 0 Å². The Morgan fingerprint density at radius 3 is 2.43 bits per heavy atom. The minimum Gasteiger partial charge on any atom is -0.444 e. The highest BCUT2D eigenvalue weighted by Gasteiger charge is 2.36. The van der Waals surface area contributed by atoms with Crippen molar-refractivity contribution < 1.29 is 13.9 Å². The molecule has 1 aromatic carbocycles. The molecule has 4 heterocycles. The van der Waals surface area contributed by atoms with Gasteiger partial charge in [-0.15, -0.1) is 6.42 Å². The Morgan fingerprint density at radius 2 is 1.80 bits per heavy atom. The van der Waals surface area contributed by atoms with Crippen molar-refractivity contribution in [3.8, 4) is 29.3 Å². The number of rotatable bonds is 4. The van der Waals surface area contributed by atoms with Crippen molar-refractivity contribution in [2.45, 2.75) is 79.0 Å². The maximum absolute atomic E-state index is 15.1. The summed E-state index contributed by atoms with van der Waals surface area (Å²) in [6, 6.07) is 7.29. The monoisotopic (exact) mass is 645 g/mol. The molecule has 5 rings (SSSR count). The van der Waals surface area contributed by atoms with Crippen LogP contribution in [0.5, 0.6) is 0 Å². The van der Waals surface area contributed by atoms with Crippen LogP contribution in [0, 0.1) is 25.1 Å². The van der Waals surface area contributed by atoms with E-state index in [0.717, 1.165) is 0 Å². The summed E-state index contributed by atoms with van der Waals surface area (Å²) in [6.07, 6.45) is 5.23. The van der Waals surface area contributed by atoms with Gasteiger partial charge in [0.1, 0.15) is 17.2 Å². The van der Waals surface area contributed by atoms with Crippen molar-refractivity contribution in [1.29, 1.82) is 0 Å². The van der Waals surface area contributed by atoms with E-state index in [9.17, 15) is 9.59 Å². The number of amides is 1. The number of terminal acetylenes is 1. The first kappa shape index (κ1) is 32.8. The van der Waals surface area contributed by atoms with Crippen LogP contribution >= 0.6 is 11.6 Å². The van der Waals surface area contributed by atoms with Crippen LogP contribution in [0.15, 0.2) is 35.1 Å². The first-order valence-electron chi connectivity index (χ1n) is 15.1. The van der Waals surface area contributed by atoms with Crippen LogP contribution in [0.25, 0.3) is 28.0 Å². The maximum atomic E-state index is 15.1. The average molecular weight is 646 g/mol. The molecule has 240 valence electrons. The number of nitrogens with zero attached hydrogens (tertiary/aromatic N) is 7. The molecule has 0 unspecified atom stereocenters. The van der Waals surface area contributed by atoms with Gasteiger partial charge in [0.15, 0.2) is 5.65 Å². The van der Waals surface area contributed by atoms with Crippen LogP contribution in [0.3, 0.4) is 0 Å². The SMILES string of the molecule is C#Cc1nc(C)c(-n2c(=O)nc(N3C[C@@H](C)N(C(=O)OC(C)(C)C)C[C@@H]3C)c3cc(Cl)c(-c4ccccc4F)nc32)c(C(C)C)n1. The highest BCUT2D eigenvalue weighted by Crippen LogP contribution is 2.36. The first-order chi connectivity index (χ1) is 21.6. The molecule has 0 spiro atoms. The summed E-state index contributed by atoms with van der Waals surface area (Å²) in [5.41, 5.74) is 0.666. The molecule has 12 heteroatoms. The molecule has 0 radical (unpaired) electrons. The second-order valence-electron chi connectivity index (χ2n) is 12.9. The largest absolute Gasteiger partial charge is 0.444 e. The van der Waals surface area contributed by atoms with Crippen LogP contribution in [-0.4, -0.2) is 66.3 Å². The van der Waals surface area contributed by atoms with E-state index in [4.69, 9.17) is 27.7 Å². The van der Waals surface area contributed by atoms with Crippen molar-refractivity contribution in [1.82, 2.24) is 29.4 Å². The molecular formula is C34H37ClFN7O3. The quantitative estimate of drug-likeness (QED) is 0.239. The third kappa shape index (κ3) is 6.14. The van der Waals surface area contributed by atoms with Gasteiger partial charge in [0.05, 0.1) is 33.2 Å². The number of fused-ring (bicyclic) bond motifs is 1. The van der Waals surface area contributed by atoms with Gasteiger partial charge in [-0.2, -0.15) is 4.98 Å². The Bertz CT molecular complexity index is 1950. The normalized spacial score (nSPS) is 17.0. The number of aryl methyl sites for hydroxylation is 1. The molecule has 3 aromatic heterocycles. The summed E-state index contributed by atoms with van der Waals surface area (Å²) < 4.78 is 22.1. The highest BCUT2D eigenvalue weighted by atomic mass is 35.5. The minimum absolute atomic E-state index is 0.148. The smallest absolute Gasteiger partial charge is 0.410 e. The molecular weight excluding hydrogens is 609 g/mol. The number of carbonyl (C=O) groups is 1. The molecule has 1 saturated heterocycles. The summed E-state index contributed by atoms with van der Waals surface area (Å²) >= 11 is 6.82. The molecule has 46 heavy (non-hydrogen) atoms. The second kappa shape index (κ2) is 12.3. The van der Waals surface area contributed by atoms with Crippen molar-refractivity contribution >= 4 is 34.5 Å². The molecule has 1 amide bonds. The fraction of sp³-hybridized carbons (Fsp3) is 0.412. The van der Waals surface area contributed by atoms with Gasteiger partial charge in [0.2, 0.25) is 5.82 Å². The summed E-state index contributed by atoms with van der Waals surface area (Å²) in [5, 5.41) is 0.642. The molecule has 1 aliphatic heterocycles. The van der Waals surface area contributed by atoms with Crippen LogP contribution in [0.4, 0.5) is 15.0 Å². The van der Waals surface area contributed by atoms with Crippen molar-refractivity contribution in [2.24, 2.45) is 0 Å². The first-order valence-corrected chi connectivity index (χ1v) is 15.5. The van der Waals surface area contributed by atoms with E-state index < -0.39 is 23.2 Å². The number of anilines is 1. The van der Waals surface area contributed by atoms with Crippen molar-refractivity contribution in [2.75, 3.05) is 18.0 Å². The highest BCUT2D eigenvalue weighted by molar-refractivity contribution is 6.33. The fourth-order valence-electron chi connectivity index (χ4n) is 5.70. The lowest BCUT2D eigenvalue weighted by Crippen LogP contribution is -2.59. The Morgan fingerprint density at radius 1 is 1.11 bits per heavy atom. The predicted octanol–water partition coefficient (Wildman–Crippen LogP) is 6.28. The summed E-state index contributed by atoms with van der Waals surface area (Å²) in [5.74, 6) is 2.36. The lowest BCUT2D eigenvalue weighted by Gasteiger charge is -2.44. The lowest BCUT2D eigenvalue weighted by atomic mass is 10.1. The van der Waals surface area contributed by atoms with Crippen LogP contribution < -0.4 is 10.6 Å². The fourth-order valence-corrected chi connectivity index (χ4v) is 5.95. The van der Waals surface area contributed by atoms with Gasteiger partial charge in [-0.3, -0.25) is 0 Å². The van der Waals surface area contributed by atoms with E-state index in [1.807, 2.05) is 53.4 Å². The van der Waals surface area contributed by atoms with Gasteiger partial charge in [0, 0.05) is 30.7 Å². The molecule has 0 saturated carbocycles. The number of hydrogen-bond donors (Lipinski definition) is 0. The average Bonchev–Trinajstić information content (AvgIpc) is 2.97. The molecule has 0 N–H and O–H groups in total. The van der Waals surface area contributed by atoms with E-state index in [1.165, 1.54) is 10.6 Å². The number of piperazine rings is 1. The van der Waals surface area contributed by atoms with E-state index in [0.29, 0.717) is 41.4 Å². The topological polar surface area (TPSA) is 106 Å². The van der Waals surface area contributed by atoms with Crippen molar-refractivity contribution in [3.05, 3.63) is 68.9 Å². The van der Waals surface area contributed by atoms with Crippen LogP contribution in [-0.2, 0) is 4.74 Å². The van der Waals surface area contributed by atoms with Gasteiger partial charge >= 0.3 is 11.8 Å². The summed E-state index contributed by atoms with van der Waals surface area (Å²) in [7, 11) is 0. The predicted molar refractivity (Wildman–Crippen MR) is 177 cm³/mol. The molecule has 1 fully saturated rings. The Hall–Kier alpha value is -4.56. The van der Waals surface area contributed by atoms with Crippen LogP contribution in [0.1, 0.15) is 71.6 Å². The van der Waals surface area contributed by atoms with Crippen LogP contribution in [0.2, 0.25) is 5.02 Å². The third-order valence-corrected chi connectivity index (χ3v) is 8.09. The number of hydrogen-bond acceptors (Lipinski definition) is 8. The number of aromatic nitrogens is 5. The molecule has 1 aliphatic rings. The number of carbonyl (C=O) groups excluding carboxylic acids is 1. The zero-order valence-corrected chi connectivity index (χ0v) is 28.0. The summed E-state index contributed by atoms with van der Waals surface area (Å²) in [6.45, 7) is 15.6. The number of ether oxygens (including phenoxy) is 1. The standard InChI is InChI=1S/C34H37ClFN7O3/c1-10-26-37-21(6)29(27(38-26)18(2)3)43-31-23(15-24(35)28(39-31)22-13-11-12-14-25(22)36)30(40-32(43)44)41-16-20(5)42(17-19(41)4)33(45)46-34(7,8)9/h1,11-15,18-20H,16-17H2,2-9H3/t19-,20+/m0/s1. The third-order valence-electron chi connectivity index (χ3n) is 7.80. The maximum Gasteiger partial charge on any atom is 0.410 e. The van der Waals surface area contributed by atoms with E-state index in [-0.39, 0.29) is 45.8 Å². The lowest BCUT2D eigenvalue weighted by molar-refractivity contribution is 0.0130. The number of halogens is 2. The Balaban J connectivity index is 1.77. The Kier molecular flexibility index (Phi) is 8.79. The Labute approximate surface area is 272 Å². The number of pyridine rings is 1. The van der Waals surface area contributed by atoms with Gasteiger partial charge in [-0.25, -0.2) is 33.5 Å². The van der Waals surface area contributed by atoms with E-state index in [2.05, 4.69) is 20.9 Å². The van der Waals surface area contributed by atoms with Gasteiger partial charge in [0.25, 0.3) is 0 Å². The molecule has 2 atom stereocenters. The number of benzene rings is 1. The van der Waals surface area contributed by atoms with E-state index >= 15 is 4.39 Å². The molecule has 0 bridgehead atoms. The van der Waals surface area contributed by atoms with Gasteiger partial charge in [-0.05, 0) is 71.6 Å². The van der Waals surface area contributed by atoms with E-state index in [1.54, 1.807) is 36.1 Å². The molecule has 0 aliphatic carbocycles. The van der Waals surface area contributed by atoms with Gasteiger partial charge in [-0.1, -0.05) is 37.6 Å². The molecule has 10 nitrogen and oxygen atoms in total. The van der Waals surface area contributed by atoms with Gasteiger partial charge < -0.3 is 14.5 Å². The summed E-state index contributed by atoms with van der Waals surface area (Å²) in [4.78, 5) is 49.3. The molecule has 4 aromatic rings. The zero-order valence-electron chi connectivity index (χ0n) is 27.2. The minimum atomic E-state index is -0.646. The second-order valence-corrected chi connectivity index (χ2v) is 13.3.